The zero-order valence-electron chi connectivity index (χ0n) is 14.0. The van der Waals surface area contributed by atoms with Gasteiger partial charge < -0.3 is 5.32 Å². The van der Waals surface area contributed by atoms with Gasteiger partial charge in [0.05, 0.1) is 10.6 Å². The van der Waals surface area contributed by atoms with Crippen molar-refractivity contribution in [1.29, 1.82) is 0 Å². The Morgan fingerprint density at radius 3 is 2.23 bits per heavy atom. The molecule has 9 heteroatoms. The Morgan fingerprint density at radius 2 is 1.69 bits per heavy atom. The molecule has 2 aromatic carbocycles. The highest BCUT2D eigenvalue weighted by Crippen LogP contribution is 2.25. The maximum absolute atomic E-state index is 12.5. The number of anilines is 2. The molecule has 2 rings (SSSR count). The van der Waals surface area contributed by atoms with E-state index in [2.05, 4.69) is 4.72 Å². The summed E-state index contributed by atoms with van der Waals surface area (Å²) in [4.78, 5) is 10.8. The highest BCUT2D eigenvalue weighted by atomic mass is 32.2. The molecule has 0 unspecified atom stereocenters. The van der Waals surface area contributed by atoms with Crippen LogP contribution in [-0.2, 0) is 21.2 Å². The van der Waals surface area contributed by atoms with E-state index >= 15 is 0 Å². The van der Waals surface area contributed by atoms with Crippen LogP contribution in [0, 0.1) is 6.92 Å². The lowest BCUT2D eigenvalue weighted by atomic mass is 10.1. The summed E-state index contributed by atoms with van der Waals surface area (Å²) in [5.41, 5.74) is 1.89. The average molecular weight is 386 g/mol. The molecule has 140 valence electrons. The number of hydrogen-bond donors (Lipinski definition) is 2. The maximum Gasteiger partial charge on any atom is 0.471 e. The number of nitrogens with one attached hydrogen (secondary N) is 2. The number of benzene rings is 2. The van der Waals surface area contributed by atoms with Crippen LogP contribution in [0.3, 0.4) is 0 Å². The lowest BCUT2D eigenvalue weighted by molar-refractivity contribution is -0.167. The number of para-hydroxylation sites is 1. The number of hydrogen-bond acceptors (Lipinski definition) is 3. The third kappa shape index (κ3) is 4.54. The van der Waals surface area contributed by atoms with Gasteiger partial charge in [0.15, 0.2) is 0 Å². The normalized spacial score (nSPS) is 11.9. The van der Waals surface area contributed by atoms with E-state index in [1.165, 1.54) is 0 Å². The van der Waals surface area contributed by atoms with Crippen LogP contribution in [0.4, 0.5) is 24.5 Å². The minimum absolute atomic E-state index is 0.132. The summed E-state index contributed by atoms with van der Waals surface area (Å²) >= 11 is 0. The monoisotopic (exact) mass is 386 g/mol. The quantitative estimate of drug-likeness (QED) is 0.819. The predicted octanol–water partition coefficient (Wildman–Crippen LogP) is 3.86. The summed E-state index contributed by atoms with van der Waals surface area (Å²) in [5.74, 6) is -2.13. The fourth-order valence-electron chi connectivity index (χ4n) is 2.28. The molecule has 26 heavy (non-hydrogen) atoms. The van der Waals surface area contributed by atoms with Gasteiger partial charge in [-0.3, -0.25) is 9.52 Å². The van der Waals surface area contributed by atoms with Gasteiger partial charge in [0.25, 0.3) is 10.0 Å². The summed E-state index contributed by atoms with van der Waals surface area (Å²) in [7, 11) is -3.93. The van der Waals surface area contributed by atoms with E-state index < -0.39 is 22.1 Å². The fourth-order valence-corrected chi connectivity index (χ4v) is 3.45. The van der Waals surface area contributed by atoms with Crippen LogP contribution in [0.15, 0.2) is 47.4 Å². The van der Waals surface area contributed by atoms with E-state index in [0.717, 1.165) is 35.4 Å². The van der Waals surface area contributed by atoms with Gasteiger partial charge in [0.1, 0.15) is 0 Å². The van der Waals surface area contributed by atoms with Gasteiger partial charge >= 0.3 is 12.1 Å². The Labute approximate surface area is 149 Å². The molecule has 0 spiro atoms. The third-order valence-electron chi connectivity index (χ3n) is 3.66. The number of carbonyl (C=O) groups excluding carboxylic acids is 1. The average Bonchev–Trinajstić information content (AvgIpc) is 2.56. The van der Waals surface area contributed by atoms with Crippen LogP contribution in [0.1, 0.15) is 18.1 Å². The molecular weight excluding hydrogens is 369 g/mol. The molecular formula is C17H17F3N2O3S. The largest absolute Gasteiger partial charge is 0.471 e. The number of carbonyl (C=O) groups is 1. The molecule has 0 aliphatic heterocycles. The van der Waals surface area contributed by atoms with Crippen LogP contribution in [0.2, 0.25) is 0 Å². The molecule has 0 fully saturated rings. The van der Waals surface area contributed by atoms with Gasteiger partial charge in [-0.1, -0.05) is 25.1 Å². The molecule has 2 aromatic rings. The van der Waals surface area contributed by atoms with Crippen molar-refractivity contribution in [2.75, 3.05) is 10.0 Å². The smallest absolute Gasteiger partial charge is 0.318 e. The van der Waals surface area contributed by atoms with E-state index in [4.69, 9.17) is 0 Å². The zero-order chi connectivity index (χ0) is 19.5. The van der Waals surface area contributed by atoms with Gasteiger partial charge in [0.2, 0.25) is 0 Å². The summed E-state index contributed by atoms with van der Waals surface area (Å²) in [5, 5.41) is 1.66. The van der Waals surface area contributed by atoms with Gasteiger partial charge in [-0.2, -0.15) is 13.2 Å². The first-order chi connectivity index (χ1) is 12.0. The second-order valence-electron chi connectivity index (χ2n) is 5.54. The molecule has 0 atom stereocenters. The minimum atomic E-state index is -5.02. The van der Waals surface area contributed by atoms with Gasteiger partial charge in [0, 0.05) is 5.69 Å². The summed E-state index contributed by atoms with van der Waals surface area (Å²) in [6, 6.07) is 9.83. The SMILES string of the molecule is CCc1cccc(C)c1NS(=O)(=O)c1ccc(NC(=O)C(F)(F)F)cc1. The highest BCUT2D eigenvalue weighted by Gasteiger charge is 2.38. The van der Waals surface area contributed by atoms with Crippen molar-refractivity contribution < 1.29 is 26.4 Å². The molecule has 2 N–H and O–H groups in total. The van der Waals surface area contributed by atoms with E-state index in [0.29, 0.717) is 12.1 Å². The van der Waals surface area contributed by atoms with Crippen molar-refractivity contribution in [3.8, 4) is 0 Å². The molecule has 0 saturated carbocycles. The van der Waals surface area contributed by atoms with Gasteiger partial charge in [-0.05, 0) is 48.7 Å². The van der Waals surface area contributed by atoms with Crippen LogP contribution in [0.5, 0.6) is 0 Å². The van der Waals surface area contributed by atoms with E-state index in [9.17, 15) is 26.4 Å². The Hall–Kier alpha value is -2.55. The number of alkyl halides is 3. The van der Waals surface area contributed by atoms with Gasteiger partial charge in [-0.15, -0.1) is 0 Å². The van der Waals surface area contributed by atoms with Crippen molar-refractivity contribution in [3.05, 3.63) is 53.6 Å². The molecule has 0 aliphatic carbocycles. The molecule has 5 nitrogen and oxygen atoms in total. The van der Waals surface area contributed by atoms with E-state index in [1.807, 2.05) is 13.0 Å². The standard InChI is InChI=1S/C17H17F3N2O3S/c1-3-12-6-4-5-11(2)15(12)22-26(24,25)14-9-7-13(8-10-14)21-16(23)17(18,19)20/h4-10,22H,3H2,1-2H3,(H,21,23). The lowest BCUT2D eigenvalue weighted by Gasteiger charge is -2.15. The maximum atomic E-state index is 12.5. The van der Waals surface area contributed by atoms with Crippen LogP contribution in [0.25, 0.3) is 0 Å². The van der Waals surface area contributed by atoms with Crippen molar-refractivity contribution in [3.63, 3.8) is 0 Å². The fraction of sp³-hybridized carbons (Fsp3) is 0.235. The van der Waals surface area contributed by atoms with Crippen LogP contribution < -0.4 is 10.0 Å². The first-order valence-corrected chi connectivity index (χ1v) is 9.12. The van der Waals surface area contributed by atoms with Crippen LogP contribution >= 0.6 is 0 Å². The first kappa shape index (κ1) is 19.8. The Morgan fingerprint density at radius 1 is 1.08 bits per heavy atom. The second-order valence-corrected chi connectivity index (χ2v) is 7.23. The number of sulfonamides is 1. The zero-order valence-corrected chi connectivity index (χ0v) is 14.8. The molecule has 0 bridgehead atoms. The molecule has 0 heterocycles. The van der Waals surface area contributed by atoms with Crippen molar-refractivity contribution >= 4 is 27.3 Å². The molecule has 0 aliphatic rings. The van der Waals surface area contributed by atoms with Crippen molar-refractivity contribution in [2.45, 2.75) is 31.3 Å². The number of rotatable bonds is 5. The molecule has 0 saturated heterocycles. The summed E-state index contributed by atoms with van der Waals surface area (Å²) < 4.78 is 64.3. The minimum Gasteiger partial charge on any atom is -0.318 e. The third-order valence-corrected chi connectivity index (χ3v) is 5.02. The van der Waals surface area contributed by atoms with Crippen molar-refractivity contribution in [2.24, 2.45) is 0 Å². The van der Waals surface area contributed by atoms with Crippen LogP contribution in [-0.4, -0.2) is 20.5 Å². The molecule has 0 aromatic heterocycles. The van der Waals surface area contributed by atoms with E-state index in [-0.39, 0.29) is 10.6 Å². The van der Waals surface area contributed by atoms with Crippen molar-refractivity contribution in [1.82, 2.24) is 0 Å². The lowest BCUT2D eigenvalue weighted by Crippen LogP contribution is -2.29. The second kappa shape index (κ2) is 7.36. The predicted molar refractivity (Wildman–Crippen MR) is 92.5 cm³/mol. The summed E-state index contributed by atoms with van der Waals surface area (Å²) in [6.45, 7) is 3.66. The summed E-state index contributed by atoms with van der Waals surface area (Å²) in [6.07, 6.45) is -4.39. The Kier molecular flexibility index (Phi) is 5.60. The number of halogens is 3. The first-order valence-electron chi connectivity index (χ1n) is 7.64. The number of aryl methyl sites for hydroxylation is 2. The number of amides is 1. The van der Waals surface area contributed by atoms with E-state index in [1.54, 1.807) is 24.4 Å². The highest BCUT2D eigenvalue weighted by molar-refractivity contribution is 7.92. The Balaban J connectivity index is 2.24. The topological polar surface area (TPSA) is 75.3 Å². The Bertz CT molecular complexity index is 908. The molecule has 1 amide bonds. The van der Waals surface area contributed by atoms with Gasteiger partial charge in [-0.25, -0.2) is 8.42 Å². The molecule has 0 radical (unpaired) electrons.